The zero-order chi connectivity index (χ0) is 13.0. The van der Waals surface area contributed by atoms with Gasteiger partial charge in [-0.3, -0.25) is 4.79 Å². The van der Waals surface area contributed by atoms with Crippen molar-refractivity contribution in [1.82, 2.24) is 5.32 Å². The summed E-state index contributed by atoms with van der Waals surface area (Å²) in [5, 5.41) is 12.6. The Kier molecular flexibility index (Phi) is 4.07. The number of aromatic hydroxyl groups is 1. The summed E-state index contributed by atoms with van der Waals surface area (Å²) < 4.78 is 0. The topological polar surface area (TPSA) is 75.4 Å². The van der Waals surface area contributed by atoms with Crippen molar-refractivity contribution in [2.45, 2.75) is 32.1 Å². The summed E-state index contributed by atoms with van der Waals surface area (Å²) in [5.41, 5.74) is 6.06. The molecule has 1 aliphatic carbocycles. The van der Waals surface area contributed by atoms with Crippen LogP contribution in [0.5, 0.6) is 5.75 Å². The molecule has 0 unspecified atom stereocenters. The zero-order valence-electron chi connectivity index (χ0n) is 10.5. The fourth-order valence-corrected chi connectivity index (χ4v) is 2.47. The number of nitrogen functional groups attached to an aromatic ring is 1. The van der Waals surface area contributed by atoms with Gasteiger partial charge in [-0.2, -0.15) is 0 Å². The second-order valence-corrected chi connectivity index (χ2v) is 4.96. The molecule has 0 saturated heterocycles. The van der Waals surface area contributed by atoms with E-state index in [1.165, 1.54) is 32.1 Å². The molecule has 98 valence electrons. The molecule has 2 rings (SSSR count). The largest absolute Gasteiger partial charge is 0.505 e. The lowest BCUT2D eigenvalue weighted by atomic mass is 9.89. The number of phenolic OH excluding ortho intramolecular Hbond substituents is 1. The molecule has 0 bridgehead atoms. The molecule has 0 aromatic heterocycles. The minimum atomic E-state index is -0.245. The van der Waals surface area contributed by atoms with Crippen molar-refractivity contribution < 1.29 is 9.90 Å². The van der Waals surface area contributed by atoms with Crippen molar-refractivity contribution in [2.75, 3.05) is 12.3 Å². The number of rotatable bonds is 3. The number of nitrogens with two attached hydrogens (primary N) is 1. The summed E-state index contributed by atoms with van der Waals surface area (Å²) in [4.78, 5) is 11.9. The maximum Gasteiger partial charge on any atom is 0.255 e. The van der Waals surface area contributed by atoms with E-state index in [0.717, 1.165) is 0 Å². The van der Waals surface area contributed by atoms with Gasteiger partial charge in [-0.05, 0) is 30.9 Å². The Labute approximate surface area is 107 Å². The molecule has 4 nitrogen and oxygen atoms in total. The van der Waals surface area contributed by atoms with E-state index in [1.807, 2.05) is 0 Å². The number of phenols is 1. The number of carbonyl (C=O) groups is 1. The molecule has 0 radical (unpaired) electrons. The second-order valence-electron chi connectivity index (χ2n) is 4.96. The smallest absolute Gasteiger partial charge is 0.255 e. The van der Waals surface area contributed by atoms with E-state index in [1.54, 1.807) is 18.2 Å². The van der Waals surface area contributed by atoms with Crippen LogP contribution in [0.4, 0.5) is 5.69 Å². The average Bonchev–Trinajstić information content (AvgIpc) is 2.40. The number of anilines is 1. The van der Waals surface area contributed by atoms with Gasteiger partial charge >= 0.3 is 0 Å². The van der Waals surface area contributed by atoms with E-state index in [2.05, 4.69) is 5.32 Å². The average molecular weight is 248 g/mol. The van der Waals surface area contributed by atoms with E-state index in [-0.39, 0.29) is 22.9 Å². The Morgan fingerprint density at radius 3 is 2.78 bits per heavy atom. The highest BCUT2D eigenvalue weighted by Crippen LogP contribution is 2.25. The predicted octanol–water partition coefficient (Wildman–Crippen LogP) is 2.28. The first-order valence-corrected chi connectivity index (χ1v) is 6.54. The van der Waals surface area contributed by atoms with Crippen molar-refractivity contribution >= 4 is 11.6 Å². The maximum absolute atomic E-state index is 11.9. The van der Waals surface area contributed by atoms with Crippen LogP contribution in [0.15, 0.2) is 18.2 Å². The highest BCUT2D eigenvalue weighted by Gasteiger charge is 2.17. The van der Waals surface area contributed by atoms with Crippen LogP contribution in [0.3, 0.4) is 0 Å². The number of hydrogen-bond donors (Lipinski definition) is 3. The normalized spacial score (nSPS) is 16.4. The molecule has 1 amide bonds. The fraction of sp³-hybridized carbons (Fsp3) is 0.500. The molecule has 1 aliphatic rings. The van der Waals surface area contributed by atoms with Crippen molar-refractivity contribution in [2.24, 2.45) is 5.92 Å². The van der Waals surface area contributed by atoms with Gasteiger partial charge in [0.05, 0.1) is 11.3 Å². The van der Waals surface area contributed by atoms with Crippen molar-refractivity contribution in [1.29, 1.82) is 0 Å². The molecule has 4 N–H and O–H groups in total. The molecule has 0 heterocycles. The second kappa shape index (κ2) is 5.76. The van der Waals surface area contributed by atoms with Crippen LogP contribution in [0.2, 0.25) is 0 Å². The summed E-state index contributed by atoms with van der Waals surface area (Å²) in [5.74, 6) is 0.204. The van der Waals surface area contributed by atoms with Crippen LogP contribution < -0.4 is 11.1 Å². The van der Waals surface area contributed by atoms with Crippen molar-refractivity contribution in [3.05, 3.63) is 23.8 Å². The molecule has 0 spiro atoms. The van der Waals surface area contributed by atoms with Crippen LogP contribution >= 0.6 is 0 Å². The third-order valence-corrected chi connectivity index (χ3v) is 3.59. The first-order chi connectivity index (χ1) is 8.68. The van der Waals surface area contributed by atoms with E-state index >= 15 is 0 Å². The number of carbonyl (C=O) groups excluding carboxylic acids is 1. The number of hydrogen-bond acceptors (Lipinski definition) is 3. The lowest BCUT2D eigenvalue weighted by Crippen LogP contribution is -2.30. The van der Waals surface area contributed by atoms with Gasteiger partial charge in [0.25, 0.3) is 5.91 Å². The summed E-state index contributed by atoms with van der Waals surface area (Å²) in [7, 11) is 0. The quantitative estimate of drug-likeness (QED) is 0.567. The number of benzene rings is 1. The summed E-state index contributed by atoms with van der Waals surface area (Å²) in [6.45, 7) is 0.688. The molecule has 18 heavy (non-hydrogen) atoms. The Bertz CT molecular complexity index is 426. The monoisotopic (exact) mass is 248 g/mol. The zero-order valence-corrected chi connectivity index (χ0v) is 10.5. The van der Waals surface area contributed by atoms with Crippen molar-refractivity contribution in [3.8, 4) is 5.75 Å². The van der Waals surface area contributed by atoms with Gasteiger partial charge in [0, 0.05) is 6.54 Å². The lowest BCUT2D eigenvalue weighted by Gasteiger charge is -2.21. The van der Waals surface area contributed by atoms with E-state index in [4.69, 9.17) is 5.73 Å². The summed E-state index contributed by atoms with van der Waals surface area (Å²) in [6, 6.07) is 4.83. The lowest BCUT2D eigenvalue weighted by molar-refractivity contribution is 0.0941. The van der Waals surface area contributed by atoms with Crippen LogP contribution in [0.1, 0.15) is 42.5 Å². The van der Waals surface area contributed by atoms with Gasteiger partial charge in [0.1, 0.15) is 0 Å². The number of amides is 1. The van der Waals surface area contributed by atoms with Gasteiger partial charge in [-0.25, -0.2) is 0 Å². The fourth-order valence-electron chi connectivity index (χ4n) is 2.47. The van der Waals surface area contributed by atoms with Crippen LogP contribution in [-0.2, 0) is 0 Å². The molecule has 1 aromatic rings. The van der Waals surface area contributed by atoms with E-state index in [9.17, 15) is 9.90 Å². The van der Waals surface area contributed by atoms with Gasteiger partial charge < -0.3 is 16.2 Å². The Hall–Kier alpha value is -1.71. The minimum Gasteiger partial charge on any atom is -0.505 e. The standard InChI is InChI=1S/C14H20N2O2/c15-12-8-4-7-11(13(12)17)14(18)16-9-10-5-2-1-3-6-10/h4,7-8,10,17H,1-3,5-6,9,15H2,(H,16,18). The molecule has 4 heteroatoms. The Morgan fingerprint density at radius 1 is 1.33 bits per heavy atom. The number of para-hydroxylation sites is 1. The van der Waals surface area contributed by atoms with E-state index < -0.39 is 0 Å². The molecule has 0 atom stereocenters. The van der Waals surface area contributed by atoms with Gasteiger partial charge in [-0.1, -0.05) is 25.3 Å². The first kappa shape index (κ1) is 12.7. The molecule has 1 aromatic carbocycles. The number of nitrogens with one attached hydrogen (secondary N) is 1. The van der Waals surface area contributed by atoms with Gasteiger partial charge in [0.2, 0.25) is 0 Å². The highest BCUT2D eigenvalue weighted by atomic mass is 16.3. The van der Waals surface area contributed by atoms with Gasteiger partial charge in [-0.15, -0.1) is 0 Å². The van der Waals surface area contributed by atoms with Crippen LogP contribution in [0.25, 0.3) is 0 Å². The molecular formula is C14H20N2O2. The maximum atomic E-state index is 11.9. The first-order valence-electron chi connectivity index (χ1n) is 6.54. The van der Waals surface area contributed by atoms with Crippen molar-refractivity contribution in [3.63, 3.8) is 0 Å². The summed E-state index contributed by atoms with van der Waals surface area (Å²) in [6.07, 6.45) is 6.18. The molecule has 1 fully saturated rings. The third-order valence-electron chi connectivity index (χ3n) is 3.59. The van der Waals surface area contributed by atoms with E-state index in [0.29, 0.717) is 12.5 Å². The molecule has 0 aliphatic heterocycles. The SMILES string of the molecule is Nc1cccc(C(=O)NCC2CCCCC2)c1O. The third kappa shape index (κ3) is 2.94. The summed E-state index contributed by atoms with van der Waals surface area (Å²) >= 11 is 0. The van der Waals surface area contributed by atoms with Crippen LogP contribution in [0, 0.1) is 5.92 Å². The minimum absolute atomic E-state index is 0.126. The van der Waals surface area contributed by atoms with Gasteiger partial charge in [0.15, 0.2) is 5.75 Å². The predicted molar refractivity (Wildman–Crippen MR) is 71.4 cm³/mol. The van der Waals surface area contributed by atoms with Crippen LogP contribution in [-0.4, -0.2) is 17.6 Å². The Balaban J connectivity index is 1.93. The Morgan fingerprint density at radius 2 is 2.06 bits per heavy atom. The highest BCUT2D eigenvalue weighted by molar-refractivity contribution is 5.98. The molecule has 1 saturated carbocycles. The molecular weight excluding hydrogens is 228 g/mol.